The van der Waals surface area contributed by atoms with Crippen LogP contribution in [0.25, 0.3) is 0 Å². The van der Waals surface area contributed by atoms with Crippen LogP contribution in [0.4, 0.5) is 4.79 Å². The fourth-order valence-electron chi connectivity index (χ4n) is 1.71. The van der Waals surface area contributed by atoms with Crippen molar-refractivity contribution in [3.05, 3.63) is 0 Å². The van der Waals surface area contributed by atoms with E-state index in [9.17, 15) is 4.79 Å². The summed E-state index contributed by atoms with van der Waals surface area (Å²) in [5, 5.41) is 0. The third-order valence-corrected chi connectivity index (χ3v) is 2.63. The first-order valence-corrected chi connectivity index (χ1v) is 5.76. The van der Waals surface area contributed by atoms with Crippen molar-refractivity contribution in [3.63, 3.8) is 0 Å². The molecule has 1 fully saturated rings. The summed E-state index contributed by atoms with van der Waals surface area (Å²) in [4.78, 5) is 12.8. The summed E-state index contributed by atoms with van der Waals surface area (Å²) >= 11 is 0. The molecular weight excluding hydrogens is 178 g/mol. The highest BCUT2D eigenvalue weighted by Crippen LogP contribution is 2.08. The summed E-state index contributed by atoms with van der Waals surface area (Å²) in [5.41, 5.74) is 0. The van der Waals surface area contributed by atoms with Crippen LogP contribution in [0.15, 0.2) is 0 Å². The molecule has 1 aliphatic rings. The summed E-state index contributed by atoms with van der Waals surface area (Å²) in [6, 6.07) is 0. The molecule has 1 heterocycles. The molecule has 0 bridgehead atoms. The van der Waals surface area contributed by atoms with Crippen LogP contribution < -0.4 is 0 Å². The van der Waals surface area contributed by atoms with Gasteiger partial charge in [0.05, 0.1) is 6.54 Å². The highest BCUT2D eigenvalue weighted by molar-refractivity contribution is 5.69. The second-order valence-corrected chi connectivity index (χ2v) is 3.87. The highest BCUT2D eigenvalue weighted by atomic mass is 16.6. The van der Waals surface area contributed by atoms with Crippen molar-refractivity contribution in [3.8, 4) is 0 Å². The lowest BCUT2D eigenvalue weighted by molar-refractivity contribution is 0.158. The third kappa shape index (κ3) is 3.99. The van der Waals surface area contributed by atoms with Crippen LogP contribution in [0, 0.1) is 0 Å². The maximum absolute atomic E-state index is 11.0. The van der Waals surface area contributed by atoms with Crippen LogP contribution in [0.3, 0.4) is 0 Å². The first-order valence-electron chi connectivity index (χ1n) is 5.76. The number of hydrogen-bond donors (Lipinski definition) is 0. The van der Waals surface area contributed by atoms with Gasteiger partial charge in [0.2, 0.25) is 0 Å². The van der Waals surface area contributed by atoms with E-state index in [0.29, 0.717) is 6.61 Å². The number of amides is 1. The molecule has 0 atom stereocenters. The molecule has 1 amide bonds. The van der Waals surface area contributed by atoms with E-state index < -0.39 is 0 Å². The Morgan fingerprint density at radius 1 is 1.21 bits per heavy atom. The normalized spacial score (nSPS) is 16.1. The summed E-state index contributed by atoms with van der Waals surface area (Å²) < 4.78 is 4.85. The Hall–Kier alpha value is -0.730. The van der Waals surface area contributed by atoms with E-state index in [-0.39, 0.29) is 6.09 Å². The molecular formula is C11H21NO2. The van der Waals surface area contributed by atoms with Crippen molar-refractivity contribution in [2.75, 3.05) is 19.7 Å². The zero-order valence-electron chi connectivity index (χ0n) is 9.13. The molecule has 1 saturated heterocycles. The van der Waals surface area contributed by atoms with E-state index in [4.69, 9.17) is 4.74 Å². The fraction of sp³-hybridized carbons (Fsp3) is 0.909. The average Bonchev–Trinajstić information content (AvgIpc) is 2.58. The SMILES string of the molecule is CCCCCCCCN1CCOC1=O. The maximum Gasteiger partial charge on any atom is 0.409 e. The molecule has 1 rings (SSSR count). The molecule has 0 aromatic carbocycles. The number of hydrogen-bond acceptors (Lipinski definition) is 2. The Balaban J connectivity index is 1.90. The Labute approximate surface area is 86.4 Å². The van der Waals surface area contributed by atoms with E-state index >= 15 is 0 Å². The Bertz CT molecular complexity index is 171. The second-order valence-electron chi connectivity index (χ2n) is 3.87. The van der Waals surface area contributed by atoms with Crippen molar-refractivity contribution < 1.29 is 9.53 Å². The molecule has 3 heteroatoms. The van der Waals surface area contributed by atoms with E-state index in [0.717, 1.165) is 19.5 Å². The zero-order chi connectivity index (χ0) is 10.2. The van der Waals surface area contributed by atoms with Crippen LogP contribution in [-0.4, -0.2) is 30.7 Å². The number of rotatable bonds is 7. The van der Waals surface area contributed by atoms with Gasteiger partial charge >= 0.3 is 6.09 Å². The standard InChI is InChI=1S/C11H21NO2/c1-2-3-4-5-6-7-8-12-9-10-14-11(12)13/h2-10H2,1H3. The summed E-state index contributed by atoms with van der Waals surface area (Å²) in [6.45, 7) is 4.47. The van der Waals surface area contributed by atoms with E-state index in [2.05, 4.69) is 6.92 Å². The van der Waals surface area contributed by atoms with Crippen molar-refractivity contribution in [2.45, 2.75) is 45.4 Å². The Morgan fingerprint density at radius 3 is 2.57 bits per heavy atom. The molecule has 0 aliphatic carbocycles. The van der Waals surface area contributed by atoms with Crippen LogP contribution in [-0.2, 0) is 4.74 Å². The van der Waals surface area contributed by atoms with Gasteiger partial charge in [-0.15, -0.1) is 0 Å². The lowest BCUT2D eigenvalue weighted by atomic mass is 10.1. The van der Waals surface area contributed by atoms with Gasteiger partial charge in [-0.1, -0.05) is 39.0 Å². The molecule has 3 nitrogen and oxygen atoms in total. The largest absolute Gasteiger partial charge is 0.448 e. The predicted octanol–water partition coefficient (Wildman–Crippen LogP) is 2.80. The molecule has 0 aromatic heterocycles. The highest BCUT2D eigenvalue weighted by Gasteiger charge is 2.20. The maximum atomic E-state index is 11.0. The quantitative estimate of drug-likeness (QED) is 0.590. The van der Waals surface area contributed by atoms with Crippen LogP contribution >= 0.6 is 0 Å². The Kier molecular flexibility index (Phi) is 5.42. The van der Waals surface area contributed by atoms with Crippen LogP contribution in [0.5, 0.6) is 0 Å². The Morgan fingerprint density at radius 2 is 1.93 bits per heavy atom. The van der Waals surface area contributed by atoms with Crippen LogP contribution in [0.2, 0.25) is 0 Å². The van der Waals surface area contributed by atoms with Crippen molar-refractivity contribution >= 4 is 6.09 Å². The number of carbonyl (C=O) groups is 1. The first kappa shape index (κ1) is 11.3. The summed E-state index contributed by atoms with van der Waals surface area (Å²) in [6.07, 6.45) is 7.50. The number of ether oxygens (including phenoxy) is 1. The smallest absolute Gasteiger partial charge is 0.409 e. The number of unbranched alkanes of at least 4 members (excludes halogenated alkanes) is 5. The minimum atomic E-state index is -0.126. The van der Waals surface area contributed by atoms with E-state index in [1.54, 1.807) is 4.90 Å². The topological polar surface area (TPSA) is 29.5 Å². The van der Waals surface area contributed by atoms with Crippen molar-refractivity contribution in [2.24, 2.45) is 0 Å². The molecule has 82 valence electrons. The van der Waals surface area contributed by atoms with Crippen molar-refractivity contribution in [1.29, 1.82) is 0 Å². The molecule has 0 unspecified atom stereocenters. The number of carbonyl (C=O) groups excluding carboxylic acids is 1. The monoisotopic (exact) mass is 199 g/mol. The van der Waals surface area contributed by atoms with Gasteiger partial charge in [-0.2, -0.15) is 0 Å². The van der Waals surface area contributed by atoms with Gasteiger partial charge in [-0.25, -0.2) is 4.79 Å². The number of cyclic esters (lactones) is 1. The predicted molar refractivity (Wildman–Crippen MR) is 56.3 cm³/mol. The first-order chi connectivity index (χ1) is 6.84. The van der Waals surface area contributed by atoms with Gasteiger partial charge in [0, 0.05) is 6.54 Å². The fourth-order valence-corrected chi connectivity index (χ4v) is 1.71. The van der Waals surface area contributed by atoms with Gasteiger partial charge in [-0.05, 0) is 6.42 Å². The average molecular weight is 199 g/mol. The molecule has 0 saturated carbocycles. The lowest BCUT2D eigenvalue weighted by Gasteiger charge is -2.11. The molecule has 14 heavy (non-hydrogen) atoms. The van der Waals surface area contributed by atoms with Gasteiger partial charge in [0.15, 0.2) is 0 Å². The van der Waals surface area contributed by atoms with Gasteiger partial charge in [0.25, 0.3) is 0 Å². The summed E-state index contributed by atoms with van der Waals surface area (Å²) in [7, 11) is 0. The molecule has 1 aliphatic heterocycles. The lowest BCUT2D eigenvalue weighted by Crippen LogP contribution is -2.25. The van der Waals surface area contributed by atoms with Crippen molar-refractivity contribution in [1.82, 2.24) is 4.90 Å². The molecule has 0 aromatic rings. The minimum Gasteiger partial charge on any atom is -0.448 e. The molecule has 0 N–H and O–H groups in total. The van der Waals surface area contributed by atoms with Gasteiger partial charge in [-0.3, -0.25) is 0 Å². The van der Waals surface area contributed by atoms with E-state index in [1.807, 2.05) is 0 Å². The number of nitrogens with zero attached hydrogens (tertiary/aromatic N) is 1. The molecule has 0 radical (unpaired) electrons. The zero-order valence-corrected chi connectivity index (χ0v) is 9.13. The second kappa shape index (κ2) is 6.68. The summed E-state index contributed by atoms with van der Waals surface area (Å²) in [5.74, 6) is 0. The minimum absolute atomic E-state index is 0.126. The van der Waals surface area contributed by atoms with E-state index in [1.165, 1.54) is 32.1 Å². The molecule has 0 spiro atoms. The van der Waals surface area contributed by atoms with Gasteiger partial charge in [0.1, 0.15) is 6.61 Å². The third-order valence-electron chi connectivity index (χ3n) is 2.63. The van der Waals surface area contributed by atoms with Gasteiger partial charge < -0.3 is 9.64 Å². The van der Waals surface area contributed by atoms with Crippen LogP contribution in [0.1, 0.15) is 45.4 Å².